The Labute approximate surface area is 160 Å². The third-order valence-corrected chi connectivity index (χ3v) is 4.78. The highest BCUT2D eigenvalue weighted by Gasteiger charge is 2.30. The van der Waals surface area contributed by atoms with E-state index in [0.29, 0.717) is 44.6 Å². The van der Waals surface area contributed by atoms with E-state index in [1.54, 1.807) is 28.9 Å². The molecule has 0 unspecified atom stereocenters. The quantitative estimate of drug-likeness (QED) is 0.714. The molecule has 1 aliphatic rings. The van der Waals surface area contributed by atoms with E-state index in [2.05, 4.69) is 0 Å². The summed E-state index contributed by atoms with van der Waals surface area (Å²) in [6.45, 7) is 5.44. The third-order valence-electron chi connectivity index (χ3n) is 4.78. The van der Waals surface area contributed by atoms with Crippen LogP contribution in [0, 0.1) is 6.92 Å². The summed E-state index contributed by atoms with van der Waals surface area (Å²) in [6.07, 6.45) is 1.13. The number of nitrogens with zero attached hydrogens (tertiary/aromatic N) is 2. The molecule has 0 saturated carbocycles. The Morgan fingerprint density at radius 2 is 1.78 bits per heavy atom. The Morgan fingerprint density at radius 3 is 2.33 bits per heavy atom. The highest BCUT2D eigenvalue weighted by Crippen LogP contribution is 2.20. The number of carbonyl (C=O) groups excluding carboxylic acids is 3. The fourth-order valence-corrected chi connectivity index (χ4v) is 3.20. The van der Waals surface area contributed by atoms with Gasteiger partial charge in [0.05, 0.1) is 20.1 Å². The van der Waals surface area contributed by atoms with Gasteiger partial charge in [0.15, 0.2) is 0 Å². The van der Waals surface area contributed by atoms with Crippen LogP contribution in [-0.2, 0) is 14.3 Å². The maximum Gasteiger partial charge on any atom is 0.409 e. The van der Waals surface area contributed by atoms with Gasteiger partial charge in [0, 0.05) is 31.2 Å². The fraction of sp³-hybridized carbons (Fsp3) is 0.550. The summed E-state index contributed by atoms with van der Waals surface area (Å²) in [7, 11) is 1.34. The normalized spacial score (nSPS) is 14.6. The van der Waals surface area contributed by atoms with Crippen molar-refractivity contribution >= 4 is 18.0 Å². The maximum absolute atomic E-state index is 13.0. The summed E-state index contributed by atoms with van der Waals surface area (Å²) in [4.78, 5) is 39.9. The minimum atomic E-state index is -0.347. The largest absolute Gasteiger partial charge is 0.469 e. The van der Waals surface area contributed by atoms with Crippen LogP contribution >= 0.6 is 0 Å². The second-order valence-corrected chi connectivity index (χ2v) is 6.61. The minimum absolute atomic E-state index is 0.0332. The van der Waals surface area contributed by atoms with Crippen molar-refractivity contribution in [3.63, 3.8) is 0 Å². The van der Waals surface area contributed by atoms with Crippen molar-refractivity contribution in [1.29, 1.82) is 0 Å². The van der Waals surface area contributed by atoms with E-state index >= 15 is 0 Å². The number of hydrogen-bond acceptors (Lipinski definition) is 5. The molecule has 7 heteroatoms. The number of ether oxygens (including phenoxy) is 2. The molecule has 1 aromatic rings. The van der Waals surface area contributed by atoms with Gasteiger partial charge in [-0.05, 0) is 38.8 Å². The van der Waals surface area contributed by atoms with Gasteiger partial charge in [-0.3, -0.25) is 9.59 Å². The van der Waals surface area contributed by atoms with Crippen molar-refractivity contribution in [3.8, 4) is 0 Å². The molecule has 0 aromatic heterocycles. The van der Waals surface area contributed by atoms with Crippen LogP contribution in [0.5, 0.6) is 0 Å². The molecule has 1 aliphatic heterocycles. The molecule has 1 saturated heterocycles. The van der Waals surface area contributed by atoms with Gasteiger partial charge in [0.1, 0.15) is 0 Å². The van der Waals surface area contributed by atoms with Gasteiger partial charge in [-0.2, -0.15) is 0 Å². The topological polar surface area (TPSA) is 76.2 Å². The van der Waals surface area contributed by atoms with Gasteiger partial charge >= 0.3 is 12.1 Å². The van der Waals surface area contributed by atoms with Crippen molar-refractivity contribution < 1.29 is 23.9 Å². The highest BCUT2D eigenvalue weighted by atomic mass is 16.6. The van der Waals surface area contributed by atoms with Crippen LogP contribution in [-0.4, -0.2) is 67.2 Å². The second-order valence-electron chi connectivity index (χ2n) is 6.61. The molecule has 27 heavy (non-hydrogen) atoms. The smallest absolute Gasteiger partial charge is 0.409 e. The van der Waals surface area contributed by atoms with Crippen molar-refractivity contribution in [2.75, 3.05) is 33.4 Å². The lowest BCUT2D eigenvalue weighted by atomic mass is 10.0. The van der Waals surface area contributed by atoms with Crippen molar-refractivity contribution in [1.82, 2.24) is 9.80 Å². The van der Waals surface area contributed by atoms with E-state index in [1.165, 1.54) is 7.11 Å². The lowest BCUT2D eigenvalue weighted by molar-refractivity contribution is -0.140. The van der Waals surface area contributed by atoms with E-state index in [1.807, 2.05) is 19.1 Å². The summed E-state index contributed by atoms with van der Waals surface area (Å²) in [6, 6.07) is 7.37. The first-order valence-corrected chi connectivity index (χ1v) is 9.32. The summed E-state index contributed by atoms with van der Waals surface area (Å²) in [5, 5.41) is 0. The van der Waals surface area contributed by atoms with Crippen LogP contribution in [0.15, 0.2) is 24.3 Å². The summed E-state index contributed by atoms with van der Waals surface area (Å²) in [5.74, 6) is -0.450. The molecule has 2 amide bonds. The van der Waals surface area contributed by atoms with Crippen molar-refractivity contribution in [2.24, 2.45) is 0 Å². The zero-order valence-corrected chi connectivity index (χ0v) is 16.3. The number of hydrogen-bond donors (Lipinski definition) is 0. The first-order valence-electron chi connectivity index (χ1n) is 9.32. The number of likely N-dealkylation sites (tertiary alicyclic amines) is 1. The Hall–Kier alpha value is -2.57. The van der Waals surface area contributed by atoms with E-state index < -0.39 is 0 Å². The molecule has 1 heterocycles. The lowest BCUT2D eigenvalue weighted by Gasteiger charge is -2.38. The monoisotopic (exact) mass is 376 g/mol. The molecule has 7 nitrogen and oxygen atoms in total. The molecule has 0 N–H and O–H groups in total. The summed E-state index contributed by atoms with van der Waals surface area (Å²) < 4.78 is 9.76. The molecule has 1 aromatic carbocycles. The number of carbonyl (C=O) groups is 3. The number of piperidine rings is 1. The predicted molar refractivity (Wildman–Crippen MR) is 100 cm³/mol. The number of esters is 1. The van der Waals surface area contributed by atoms with Gasteiger partial charge in [-0.1, -0.05) is 17.7 Å². The van der Waals surface area contributed by atoms with Gasteiger partial charge in [0.25, 0.3) is 5.91 Å². The van der Waals surface area contributed by atoms with Gasteiger partial charge < -0.3 is 19.3 Å². The maximum atomic E-state index is 13.0. The number of rotatable bonds is 6. The summed E-state index contributed by atoms with van der Waals surface area (Å²) >= 11 is 0. The third kappa shape index (κ3) is 5.70. The predicted octanol–water partition coefficient (Wildman–Crippen LogP) is 2.62. The van der Waals surface area contributed by atoms with Crippen LogP contribution in [0.3, 0.4) is 0 Å². The number of amides is 2. The van der Waals surface area contributed by atoms with Crippen molar-refractivity contribution in [2.45, 2.75) is 39.2 Å². The Morgan fingerprint density at radius 1 is 1.15 bits per heavy atom. The first kappa shape index (κ1) is 20.7. The second kappa shape index (κ2) is 9.94. The molecule has 0 atom stereocenters. The zero-order valence-electron chi connectivity index (χ0n) is 16.3. The average Bonchev–Trinajstić information content (AvgIpc) is 2.69. The molecule has 2 rings (SSSR count). The molecule has 0 radical (unpaired) electrons. The van der Waals surface area contributed by atoms with Gasteiger partial charge in [-0.25, -0.2) is 4.79 Å². The molecule has 0 bridgehead atoms. The SMILES string of the molecule is CCOC(=O)N1CCC(N(CCC(=O)OC)C(=O)c2ccc(C)cc2)CC1. The molecule has 0 aliphatic carbocycles. The average molecular weight is 376 g/mol. The van der Waals surface area contributed by atoms with Crippen LogP contribution in [0.4, 0.5) is 4.79 Å². The van der Waals surface area contributed by atoms with E-state index in [-0.39, 0.29) is 30.4 Å². The molecular formula is C20H28N2O5. The van der Waals surface area contributed by atoms with Crippen molar-refractivity contribution in [3.05, 3.63) is 35.4 Å². The number of aryl methyl sites for hydroxylation is 1. The Kier molecular flexibility index (Phi) is 7.64. The molecule has 0 spiro atoms. The van der Waals surface area contributed by atoms with Crippen LogP contribution in [0.2, 0.25) is 0 Å². The van der Waals surface area contributed by atoms with E-state index in [9.17, 15) is 14.4 Å². The van der Waals surface area contributed by atoms with Gasteiger partial charge in [-0.15, -0.1) is 0 Å². The van der Waals surface area contributed by atoms with Gasteiger partial charge in [0.2, 0.25) is 0 Å². The molecule has 1 fully saturated rings. The summed E-state index contributed by atoms with van der Waals surface area (Å²) in [5.41, 5.74) is 1.67. The molecule has 148 valence electrons. The number of benzene rings is 1. The fourth-order valence-electron chi connectivity index (χ4n) is 3.20. The minimum Gasteiger partial charge on any atom is -0.469 e. The Balaban J connectivity index is 2.08. The first-order chi connectivity index (χ1) is 13.0. The van der Waals surface area contributed by atoms with Crippen LogP contribution in [0.1, 0.15) is 42.1 Å². The van der Waals surface area contributed by atoms with E-state index in [0.717, 1.165) is 5.56 Å². The van der Waals surface area contributed by atoms with Crippen LogP contribution in [0.25, 0.3) is 0 Å². The standard InChI is InChI=1S/C20H28N2O5/c1-4-27-20(25)21-12-9-17(10-13-21)22(14-11-18(23)26-3)19(24)16-7-5-15(2)6-8-16/h5-8,17H,4,9-14H2,1-3H3. The van der Waals surface area contributed by atoms with Crippen LogP contribution < -0.4 is 0 Å². The lowest BCUT2D eigenvalue weighted by Crippen LogP contribution is -2.49. The molecular weight excluding hydrogens is 348 g/mol. The highest BCUT2D eigenvalue weighted by molar-refractivity contribution is 5.94. The zero-order chi connectivity index (χ0) is 19.8. The van der Waals surface area contributed by atoms with E-state index in [4.69, 9.17) is 9.47 Å². The number of methoxy groups -OCH3 is 1. The Bertz CT molecular complexity index is 651.